The lowest BCUT2D eigenvalue weighted by Crippen LogP contribution is -2.39. The number of carbonyl (C=O) groups excluding carboxylic acids is 2. The van der Waals surface area contributed by atoms with E-state index in [1.54, 1.807) is 4.90 Å². The zero-order valence-corrected chi connectivity index (χ0v) is 13.2. The summed E-state index contributed by atoms with van der Waals surface area (Å²) in [5, 5.41) is 11.6. The minimum atomic E-state index is -0.933. The number of aliphatic carboxylic acids is 1. The van der Waals surface area contributed by atoms with Gasteiger partial charge in [0.05, 0.1) is 24.4 Å². The van der Waals surface area contributed by atoms with Crippen molar-refractivity contribution >= 4 is 17.8 Å². The van der Waals surface area contributed by atoms with Crippen molar-refractivity contribution in [1.29, 1.82) is 0 Å². The summed E-state index contributed by atoms with van der Waals surface area (Å²) in [7, 11) is 0. The summed E-state index contributed by atoms with van der Waals surface area (Å²) in [6.07, 6.45) is 0.637. The molecule has 0 spiro atoms. The zero-order chi connectivity index (χ0) is 17.1. The van der Waals surface area contributed by atoms with Crippen LogP contribution in [0.1, 0.15) is 12.8 Å². The number of para-hydroxylation sites is 1. The van der Waals surface area contributed by atoms with E-state index in [1.807, 2.05) is 30.3 Å². The van der Waals surface area contributed by atoms with E-state index in [4.69, 9.17) is 9.84 Å². The SMILES string of the molecule is O=C(N[C@H]1CC(=O)N(CCOc2ccccc2)C1)[C@H]1C[C@H]1C(=O)O. The zero-order valence-electron chi connectivity index (χ0n) is 13.2. The van der Waals surface area contributed by atoms with Crippen molar-refractivity contribution in [2.75, 3.05) is 19.7 Å². The second-order valence-corrected chi connectivity index (χ2v) is 6.20. The highest BCUT2D eigenvalue weighted by Gasteiger charge is 2.49. The van der Waals surface area contributed by atoms with E-state index < -0.39 is 17.8 Å². The predicted octanol–water partition coefficient (Wildman–Crippen LogP) is 0.503. The number of hydrogen-bond acceptors (Lipinski definition) is 4. The first kappa shape index (κ1) is 16.3. The monoisotopic (exact) mass is 332 g/mol. The van der Waals surface area contributed by atoms with Crippen molar-refractivity contribution in [3.8, 4) is 5.75 Å². The summed E-state index contributed by atoms with van der Waals surface area (Å²) < 4.78 is 5.57. The Kier molecular flexibility index (Phi) is 4.69. The molecule has 1 aliphatic carbocycles. The van der Waals surface area contributed by atoms with E-state index in [1.165, 1.54) is 0 Å². The average molecular weight is 332 g/mol. The predicted molar refractivity (Wildman–Crippen MR) is 84.3 cm³/mol. The van der Waals surface area contributed by atoms with Crippen LogP contribution in [0.25, 0.3) is 0 Å². The highest BCUT2D eigenvalue weighted by Crippen LogP contribution is 2.38. The number of rotatable bonds is 7. The van der Waals surface area contributed by atoms with Gasteiger partial charge in [-0.15, -0.1) is 0 Å². The van der Waals surface area contributed by atoms with Crippen LogP contribution < -0.4 is 10.1 Å². The van der Waals surface area contributed by atoms with Crippen molar-refractivity contribution in [3.63, 3.8) is 0 Å². The third-order valence-corrected chi connectivity index (χ3v) is 4.38. The molecule has 0 bridgehead atoms. The number of amides is 2. The van der Waals surface area contributed by atoms with Crippen LogP contribution in [0, 0.1) is 11.8 Å². The quantitative estimate of drug-likeness (QED) is 0.758. The van der Waals surface area contributed by atoms with E-state index >= 15 is 0 Å². The largest absolute Gasteiger partial charge is 0.492 e. The molecule has 3 atom stereocenters. The van der Waals surface area contributed by atoms with E-state index in [0.717, 1.165) is 5.75 Å². The van der Waals surface area contributed by atoms with Gasteiger partial charge in [0, 0.05) is 13.0 Å². The number of carbonyl (C=O) groups is 3. The Hall–Kier alpha value is -2.57. The first-order valence-electron chi connectivity index (χ1n) is 8.03. The molecular formula is C17H20N2O5. The molecule has 2 fully saturated rings. The van der Waals surface area contributed by atoms with Gasteiger partial charge in [0.15, 0.2) is 0 Å². The molecule has 1 aromatic carbocycles. The molecule has 1 heterocycles. The number of nitrogens with one attached hydrogen (secondary N) is 1. The Morgan fingerprint density at radius 3 is 2.67 bits per heavy atom. The lowest BCUT2D eigenvalue weighted by atomic mass is 10.2. The third kappa shape index (κ3) is 3.84. The fraction of sp³-hybridized carbons (Fsp3) is 0.471. The summed E-state index contributed by atoms with van der Waals surface area (Å²) in [6, 6.07) is 9.11. The molecule has 2 amide bonds. The van der Waals surface area contributed by atoms with Gasteiger partial charge >= 0.3 is 5.97 Å². The Labute approximate surface area is 139 Å². The lowest BCUT2D eigenvalue weighted by Gasteiger charge is -2.17. The Bertz CT molecular complexity index is 633. The first-order chi connectivity index (χ1) is 11.5. The molecule has 0 radical (unpaired) electrons. The maximum absolute atomic E-state index is 12.0. The second kappa shape index (κ2) is 6.90. The van der Waals surface area contributed by atoms with Crippen LogP contribution >= 0.6 is 0 Å². The molecule has 128 valence electrons. The van der Waals surface area contributed by atoms with Crippen LogP contribution in [-0.4, -0.2) is 53.5 Å². The molecular weight excluding hydrogens is 312 g/mol. The highest BCUT2D eigenvalue weighted by molar-refractivity contribution is 5.90. The van der Waals surface area contributed by atoms with Gasteiger partial charge in [0.2, 0.25) is 11.8 Å². The standard InChI is InChI=1S/C17H20N2O5/c20-15-8-11(18-16(21)13-9-14(13)17(22)23)10-19(15)6-7-24-12-4-2-1-3-5-12/h1-5,11,13-14H,6-10H2,(H,18,21)(H,22,23)/t11-,13-,14+/m0/s1. The molecule has 3 rings (SSSR count). The van der Waals surface area contributed by atoms with Gasteiger partial charge < -0.3 is 20.1 Å². The average Bonchev–Trinajstić information content (AvgIpc) is 3.29. The Morgan fingerprint density at radius 2 is 2.00 bits per heavy atom. The molecule has 1 aliphatic heterocycles. The van der Waals surface area contributed by atoms with E-state index in [0.29, 0.717) is 26.1 Å². The molecule has 7 nitrogen and oxygen atoms in total. The normalized spacial score (nSPS) is 25.4. The number of benzene rings is 1. The molecule has 1 aromatic rings. The van der Waals surface area contributed by atoms with Gasteiger partial charge in [-0.3, -0.25) is 14.4 Å². The number of likely N-dealkylation sites (tertiary alicyclic amines) is 1. The maximum atomic E-state index is 12.0. The first-order valence-corrected chi connectivity index (χ1v) is 8.03. The van der Waals surface area contributed by atoms with Gasteiger partial charge in [0.1, 0.15) is 12.4 Å². The fourth-order valence-corrected chi connectivity index (χ4v) is 2.94. The Morgan fingerprint density at radius 1 is 1.25 bits per heavy atom. The molecule has 1 saturated heterocycles. The molecule has 24 heavy (non-hydrogen) atoms. The number of hydrogen-bond donors (Lipinski definition) is 2. The van der Waals surface area contributed by atoms with Crippen LogP contribution in [0.5, 0.6) is 5.75 Å². The summed E-state index contributed by atoms with van der Waals surface area (Å²) >= 11 is 0. The minimum Gasteiger partial charge on any atom is -0.492 e. The Balaban J connectivity index is 1.41. The van der Waals surface area contributed by atoms with Gasteiger partial charge in [-0.05, 0) is 18.6 Å². The van der Waals surface area contributed by atoms with Crippen molar-refractivity contribution in [3.05, 3.63) is 30.3 Å². The van der Waals surface area contributed by atoms with Crippen molar-refractivity contribution in [2.45, 2.75) is 18.9 Å². The van der Waals surface area contributed by atoms with Gasteiger partial charge in [-0.25, -0.2) is 0 Å². The number of carboxylic acids is 1. The second-order valence-electron chi connectivity index (χ2n) is 6.20. The number of nitrogens with zero attached hydrogens (tertiary/aromatic N) is 1. The van der Waals surface area contributed by atoms with Crippen molar-refractivity contribution < 1.29 is 24.2 Å². The minimum absolute atomic E-state index is 0.0254. The fourth-order valence-electron chi connectivity index (χ4n) is 2.94. The third-order valence-electron chi connectivity index (χ3n) is 4.38. The molecule has 0 aromatic heterocycles. The molecule has 2 aliphatic rings. The van der Waals surface area contributed by atoms with Crippen molar-refractivity contribution in [2.24, 2.45) is 11.8 Å². The van der Waals surface area contributed by atoms with Gasteiger partial charge in [-0.2, -0.15) is 0 Å². The summed E-state index contributed by atoms with van der Waals surface area (Å²) in [5.74, 6) is -1.49. The van der Waals surface area contributed by atoms with Crippen LogP contribution in [0.15, 0.2) is 30.3 Å². The summed E-state index contributed by atoms with van der Waals surface area (Å²) in [5.41, 5.74) is 0. The van der Waals surface area contributed by atoms with E-state index in [9.17, 15) is 14.4 Å². The smallest absolute Gasteiger partial charge is 0.307 e. The van der Waals surface area contributed by atoms with Crippen LogP contribution in [0.2, 0.25) is 0 Å². The van der Waals surface area contributed by atoms with Crippen LogP contribution in [-0.2, 0) is 14.4 Å². The van der Waals surface area contributed by atoms with E-state index in [2.05, 4.69) is 5.32 Å². The van der Waals surface area contributed by atoms with Gasteiger partial charge in [0.25, 0.3) is 0 Å². The molecule has 1 saturated carbocycles. The van der Waals surface area contributed by atoms with Crippen LogP contribution in [0.3, 0.4) is 0 Å². The number of ether oxygens (including phenoxy) is 1. The molecule has 0 unspecified atom stereocenters. The van der Waals surface area contributed by atoms with Crippen molar-refractivity contribution in [1.82, 2.24) is 10.2 Å². The van der Waals surface area contributed by atoms with Gasteiger partial charge in [-0.1, -0.05) is 18.2 Å². The van der Waals surface area contributed by atoms with E-state index in [-0.39, 0.29) is 24.3 Å². The summed E-state index contributed by atoms with van der Waals surface area (Å²) in [4.78, 5) is 36.4. The maximum Gasteiger partial charge on any atom is 0.307 e. The van der Waals surface area contributed by atoms with Crippen LogP contribution in [0.4, 0.5) is 0 Å². The summed E-state index contributed by atoms with van der Waals surface area (Å²) in [6.45, 7) is 1.29. The topological polar surface area (TPSA) is 95.9 Å². The molecule has 2 N–H and O–H groups in total. The number of carboxylic acid groups (broad SMARTS) is 1. The molecule has 7 heteroatoms. The highest BCUT2D eigenvalue weighted by atomic mass is 16.5. The lowest BCUT2D eigenvalue weighted by molar-refractivity contribution is -0.140.